The Hall–Kier alpha value is -2.29. The Morgan fingerprint density at radius 1 is 1.03 bits per heavy atom. The van der Waals surface area contributed by atoms with Crippen LogP contribution < -0.4 is 9.62 Å². The van der Waals surface area contributed by atoms with Gasteiger partial charge in [0.25, 0.3) is 0 Å². The number of hydrogen-bond acceptors (Lipinski definition) is 4. The van der Waals surface area contributed by atoms with Gasteiger partial charge in [-0.25, -0.2) is 8.42 Å². The first-order valence-electron chi connectivity index (χ1n) is 11.6. The van der Waals surface area contributed by atoms with Crippen molar-refractivity contribution < 1.29 is 18.0 Å². The maximum absolute atomic E-state index is 13.8. The lowest BCUT2D eigenvalue weighted by molar-refractivity contribution is -0.141. The maximum atomic E-state index is 13.8. The maximum Gasteiger partial charge on any atom is 0.244 e. The Morgan fingerprint density at radius 3 is 2.17 bits per heavy atom. The predicted octanol–water partition coefficient (Wildman–Crippen LogP) is 5.10. The highest BCUT2D eigenvalue weighted by atomic mass is 35.5. The topological polar surface area (TPSA) is 86.8 Å². The Morgan fingerprint density at radius 2 is 1.67 bits per heavy atom. The molecule has 2 rings (SSSR count). The SMILES string of the molecule is CCC(C(=O)NC(C)(C)C)N(Cc1ccc(Cl)c(Cl)c1)C(=O)CN(c1ccc(C)cc1C)S(C)(=O)=O. The van der Waals surface area contributed by atoms with Gasteiger partial charge in [-0.2, -0.15) is 0 Å². The minimum atomic E-state index is -3.80. The highest BCUT2D eigenvalue weighted by molar-refractivity contribution is 7.92. The van der Waals surface area contributed by atoms with E-state index in [0.29, 0.717) is 27.7 Å². The van der Waals surface area contributed by atoms with Crippen LogP contribution in [-0.4, -0.2) is 49.5 Å². The Labute approximate surface area is 224 Å². The third kappa shape index (κ3) is 8.11. The van der Waals surface area contributed by atoms with Crippen molar-refractivity contribution in [3.63, 3.8) is 0 Å². The van der Waals surface area contributed by atoms with Gasteiger partial charge in [-0.15, -0.1) is 0 Å². The third-order valence-corrected chi connectivity index (χ3v) is 7.39. The van der Waals surface area contributed by atoms with Crippen molar-refractivity contribution in [3.05, 3.63) is 63.1 Å². The lowest BCUT2D eigenvalue weighted by Gasteiger charge is -2.34. The van der Waals surface area contributed by atoms with Gasteiger partial charge in [0, 0.05) is 12.1 Å². The number of carbonyl (C=O) groups excluding carboxylic acids is 2. The van der Waals surface area contributed by atoms with E-state index in [-0.39, 0.29) is 12.5 Å². The fourth-order valence-electron chi connectivity index (χ4n) is 3.89. The molecule has 1 unspecified atom stereocenters. The molecule has 0 fully saturated rings. The molecule has 0 aliphatic heterocycles. The van der Waals surface area contributed by atoms with Crippen molar-refractivity contribution in [2.24, 2.45) is 0 Å². The van der Waals surface area contributed by atoms with Crippen molar-refractivity contribution in [2.75, 3.05) is 17.1 Å². The molecule has 2 amide bonds. The molecule has 0 heterocycles. The first-order chi connectivity index (χ1) is 16.5. The van der Waals surface area contributed by atoms with E-state index in [9.17, 15) is 18.0 Å². The zero-order chi connectivity index (χ0) is 27.4. The van der Waals surface area contributed by atoms with E-state index >= 15 is 0 Å². The van der Waals surface area contributed by atoms with Crippen LogP contribution in [0, 0.1) is 13.8 Å². The molecule has 2 aromatic rings. The van der Waals surface area contributed by atoms with E-state index < -0.39 is 34.1 Å². The number of nitrogens with one attached hydrogen (secondary N) is 1. The highest BCUT2D eigenvalue weighted by Gasteiger charge is 2.33. The van der Waals surface area contributed by atoms with Crippen LogP contribution in [0.1, 0.15) is 50.8 Å². The molecule has 7 nitrogen and oxygen atoms in total. The van der Waals surface area contributed by atoms with Crippen LogP contribution in [0.2, 0.25) is 10.0 Å². The van der Waals surface area contributed by atoms with Crippen LogP contribution in [0.3, 0.4) is 0 Å². The summed E-state index contributed by atoms with van der Waals surface area (Å²) in [5, 5.41) is 3.62. The summed E-state index contributed by atoms with van der Waals surface area (Å²) in [5.41, 5.74) is 2.26. The Bertz CT molecular complexity index is 1230. The van der Waals surface area contributed by atoms with Crippen molar-refractivity contribution in [2.45, 2.75) is 66.1 Å². The molecule has 0 saturated carbocycles. The quantitative estimate of drug-likeness (QED) is 0.466. The summed E-state index contributed by atoms with van der Waals surface area (Å²) in [6.07, 6.45) is 1.39. The largest absolute Gasteiger partial charge is 0.350 e. The first-order valence-corrected chi connectivity index (χ1v) is 14.2. The molecule has 0 aromatic heterocycles. The lowest BCUT2D eigenvalue weighted by Crippen LogP contribution is -2.55. The predicted molar refractivity (Wildman–Crippen MR) is 147 cm³/mol. The van der Waals surface area contributed by atoms with E-state index in [0.717, 1.165) is 21.7 Å². The summed E-state index contributed by atoms with van der Waals surface area (Å²) in [7, 11) is -3.80. The van der Waals surface area contributed by atoms with Gasteiger partial charge in [-0.05, 0) is 70.4 Å². The number of benzene rings is 2. The summed E-state index contributed by atoms with van der Waals surface area (Å²) >= 11 is 12.2. The van der Waals surface area contributed by atoms with Crippen molar-refractivity contribution in [1.29, 1.82) is 0 Å². The van der Waals surface area contributed by atoms with Crippen LogP contribution in [0.4, 0.5) is 5.69 Å². The number of sulfonamides is 1. The van der Waals surface area contributed by atoms with E-state index in [1.54, 1.807) is 44.2 Å². The van der Waals surface area contributed by atoms with Crippen LogP contribution in [0.25, 0.3) is 0 Å². The summed E-state index contributed by atoms with van der Waals surface area (Å²) in [6.45, 7) is 10.7. The average molecular weight is 557 g/mol. The van der Waals surface area contributed by atoms with Gasteiger partial charge in [0.05, 0.1) is 22.0 Å². The minimum Gasteiger partial charge on any atom is -0.350 e. The summed E-state index contributed by atoms with van der Waals surface area (Å²) in [4.78, 5) is 28.4. The molecule has 10 heteroatoms. The molecule has 0 aliphatic carbocycles. The number of anilines is 1. The number of carbonyl (C=O) groups is 2. The van der Waals surface area contributed by atoms with E-state index in [4.69, 9.17) is 23.2 Å². The summed E-state index contributed by atoms with van der Waals surface area (Å²) < 4.78 is 26.6. The Balaban J connectivity index is 2.52. The number of amides is 2. The number of rotatable bonds is 9. The van der Waals surface area contributed by atoms with E-state index in [2.05, 4.69) is 5.32 Å². The molecule has 0 spiro atoms. The van der Waals surface area contributed by atoms with Crippen LogP contribution >= 0.6 is 23.2 Å². The minimum absolute atomic E-state index is 0.0519. The van der Waals surface area contributed by atoms with Gasteiger partial charge in [0.15, 0.2) is 0 Å². The second kappa shape index (κ2) is 11.8. The van der Waals surface area contributed by atoms with E-state index in [1.807, 2.05) is 33.8 Å². The molecule has 198 valence electrons. The number of halogens is 2. The number of aryl methyl sites for hydroxylation is 2. The molecule has 1 atom stereocenters. The molecule has 0 bridgehead atoms. The van der Waals surface area contributed by atoms with Gasteiger partial charge < -0.3 is 10.2 Å². The highest BCUT2D eigenvalue weighted by Crippen LogP contribution is 2.26. The van der Waals surface area contributed by atoms with Gasteiger partial charge in [0.1, 0.15) is 12.6 Å². The standard InChI is InChI=1S/C26H35Cl2N3O4S/c1-8-22(25(33)29-26(4,5)6)30(15-19-10-11-20(27)21(28)14-19)24(32)16-31(36(7,34)35)23-12-9-17(2)13-18(23)3/h9-14,22H,8,15-16H2,1-7H3,(H,29,33). The van der Waals surface area contributed by atoms with Crippen molar-refractivity contribution in [1.82, 2.24) is 10.2 Å². The van der Waals surface area contributed by atoms with Crippen molar-refractivity contribution >= 4 is 50.7 Å². The summed E-state index contributed by atoms with van der Waals surface area (Å²) in [6, 6.07) is 9.49. The van der Waals surface area contributed by atoms with Gasteiger partial charge in [-0.3, -0.25) is 13.9 Å². The Kier molecular flexibility index (Phi) is 9.84. The molecule has 36 heavy (non-hydrogen) atoms. The fourth-order valence-corrected chi connectivity index (χ4v) is 5.11. The monoisotopic (exact) mass is 555 g/mol. The van der Waals surface area contributed by atoms with Crippen molar-refractivity contribution in [3.8, 4) is 0 Å². The summed E-state index contributed by atoms with van der Waals surface area (Å²) in [5.74, 6) is -0.835. The van der Waals surface area contributed by atoms with Gasteiger partial charge in [0.2, 0.25) is 21.8 Å². The molecule has 0 saturated heterocycles. The third-order valence-electron chi connectivity index (χ3n) is 5.52. The molecular weight excluding hydrogens is 521 g/mol. The molecular formula is C26H35Cl2N3O4S. The smallest absolute Gasteiger partial charge is 0.244 e. The van der Waals surface area contributed by atoms with Crippen LogP contribution in [0.15, 0.2) is 36.4 Å². The zero-order valence-corrected chi connectivity index (χ0v) is 24.2. The first kappa shape index (κ1) is 29.9. The van der Waals surface area contributed by atoms with Gasteiger partial charge in [-0.1, -0.05) is 53.9 Å². The van der Waals surface area contributed by atoms with Gasteiger partial charge >= 0.3 is 0 Å². The second-order valence-electron chi connectivity index (χ2n) is 9.99. The number of nitrogens with zero attached hydrogens (tertiary/aromatic N) is 2. The molecule has 0 aliphatic rings. The normalized spacial score (nSPS) is 12.7. The number of hydrogen-bond donors (Lipinski definition) is 1. The fraction of sp³-hybridized carbons (Fsp3) is 0.462. The average Bonchev–Trinajstić information content (AvgIpc) is 2.72. The zero-order valence-electron chi connectivity index (χ0n) is 21.9. The van der Waals surface area contributed by atoms with Crippen LogP contribution in [-0.2, 0) is 26.2 Å². The molecule has 1 N–H and O–H groups in total. The molecule has 2 aromatic carbocycles. The lowest BCUT2D eigenvalue weighted by atomic mass is 10.1. The van der Waals surface area contributed by atoms with E-state index in [1.165, 1.54) is 4.90 Å². The van der Waals surface area contributed by atoms with Crippen LogP contribution in [0.5, 0.6) is 0 Å². The molecule has 0 radical (unpaired) electrons. The second-order valence-corrected chi connectivity index (χ2v) is 12.7.